The molecule has 1 saturated heterocycles. The number of carbonyl (C=O) groups excluding carboxylic acids is 1. The monoisotopic (exact) mass is 370 g/mol. The molecule has 1 amide bonds. The normalized spacial score (nSPS) is 30.7. The van der Waals surface area contributed by atoms with E-state index in [9.17, 15) is 14.7 Å². The molecule has 0 aromatic rings. The number of rotatable bonds is 1. The Balaban J connectivity index is 2.09. The third kappa shape index (κ3) is 2.10. The zero-order valence-electron chi connectivity index (χ0n) is 12.9. The van der Waals surface area contributed by atoms with E-state index in [1.165, 1.54) is 0 Å². The minimum atomic E-state index is -1.09. The van der Waals surface area contributed by atoms with E-state index in [1.807, 2.05) is 0 Å². The first-order valence-electron chi connectivity index (χ1n) is 7.68. The van der Waals surface area contributed by atoms with Crippen LogP contribution in [0.5, 0.6) is 0 Å². The molecule has 2 heterocycles. The summed E-state index contributed by atoms with van der Waals surface area (Å²) in [6, 6.07) is -0.330. The molecule has 22 heavy (non-hydrogen) atoms. The van der Waals surface area contributed by atoms with Crippen LogP contribution in [0.25, 0.3) is 0 Å². The molecule has 1 aliphatic carbocycles. The number of nitrogens with one attached hydrogen (secondary N) is 1. The van der Waals surface area contributed by atoms with E-state index in [-0.39, 0.29) is 17.2 Å². The van der Waals surface area contributed by atoms with Gasteiger partial charge in [-0.15, -0.1) is 0 Å². The lowest BCUT2D eigenvalue weighted by Crippen LogP contribution is -2.54. The van der Waals surface area contributed by atoms with Crippen molar-refractivity contribution in [1.29, 1.82) is 0 Å². The SMILES string of the molecule is CC(C)[N+]1(C(=O)O)N=C(Br)C2=C1C(=O)CC1(CCNCC1)C2. The fraction of sp³-hybridized carbons (Fsp3) is 0.667. The van der Waals surface area contributed by atoms with Crippen LogP contribution >= 0.6 is 15.9 Å². The predicted octanol–water partition coefficient (Wildman–Crippen LogP) is 2.60. The molecule has 0 bridgehead atoms. The molecule has 0 saturated carbocycles. The van der Waals surface area contributed by atoms with Crippen LogP contribution < -0.4 is 5.32 Å². The number of ketones is 1. The van der Waals surface area contributed by atoms with Gasteiger partial charge in [0.05, 0.1) is 5.57 Å². The fourth-order valence-electron chi connectivity index (χ4n) is 3.97. The fourth-order valence-corrected chi connectivity index (χ4v) is 4.55. The van der Waals surface area contributed by atoms with E-state index in [0.29, 0.717) is 16.7 Å². The van der Waals surface area contributed by atoms with Gasteiger partial charge in [-0.3, -0.25) is 4.79 Å². The van der Waals surface area contributed by atoms with Crippen LogP contribution in [-0.2, 0) is 4.79 Å². The number of carboxylic acid groups (broad SMARTS) is 1. The maximum Gasteiger partial charge on any atom is 0.546 e. The smallest absolute Gasteiger partial charge is 0.433 e. The third-order valence-corrected chi connectivity index (χ3v) is 5.81. The van der Waals surface area contributed by atoms with Crippen LogP contribution in [0.2, 0.25) is 0 Å². The van der Waals surface area contributed by atoms with Crippen LogP contribution in [0.15, 0.2) is 16.4 Å². The lowest BCUT2D eigenvalue weighted by atomic mass is 9.67. The summed E-state index contributed by atoms with van der Waals surface area (Å²) in [6.45, 7) is 5.40. The van der Waals surface area contributed by atoms with E-state index in [0.717, 1.165) is 37.9 Å². The van der Waals surface area contributed by atoms with Crippen LogP contribution in [0.3, 0.4) is 0 Å². The second-order valence-electron chi connectivity index (χ2n) is 6.81. The van der Waals surface area contributed by atoms with Crippen molar-refractivity contribution in [2.24, 2.45) is 10.5 Å². The Bertz CT molecular complexity index is 605. The number of quaternary nitrogens is 1. The molecule has 6 nitrogen and oxygen atoms in total. The highest BCUT2D eigenvalue weighted by atomic mass is 79.9. The highest BCUT2D eigenvalue weighted by Gasteiger charge is 2.59. The molecule has 2 N–H and O–H groups in total. The van der Waals surface area contributed by atoms with Crippen molar-refractivity contribution < 1.29 is 19.3 Å². The lowest BCUT2D eigenvalue weighted by molar-refractivity contribution is -0.841. The van der Waals surface area contributed by atoms with Crippen molar-refractivity contribution in [3.8, 4) is 0 Å². The van der Waals surface area contributed by atoms with Gasteiger partial charge in [-0.25, -0.2) is 0 Å². The van der Waals surface area contributed by atoms with E-state index in [2.05, 4.69) is 26.3 Å². The number of Topliss-reactive ketones (excluding diaryl/α,β-unsaturated/α-hetero) is 1. The number of hydrogen-bond donors (Lipinski definition) is 2. The standard InChI is InChI=1S/C15H20BrN3O3/c1-9(2)19(14(21)22)12-10(13(16)18-19)7-15(8-11(12)20)3-5-17-6-4-15/h9,17H,3-8H2,1-2H3/p+1. The van der Waals surface area contributed by atoms with Crippen LogP contribution in [0.4, 0.5) is 4.79 Å². The predicted molar refractivity (Wildman–Crippen MR) is 85.6 cm³/mol. The summed E-state index contributed by atoms with van der Waals surface area (Å²) >= 11 is 3.42. The Labute approximate surface area is 138 Å². The molecule has 7 heteroatoms. The highest BCUT2D eigenvalue weighted by molar-refractivity contribution is 9.18. The van der Waals surface area contributed by atoms with Gasteiger partial charge in [0, 0.05) is 6.42 Å². The summed E-state index contributed by atoms with van der Waals surface area (Å²) in [7, 11) is 0. The summed E-state index contributed by atoms with van der Waals surface area (Å²) in [6.07, 6.45) is 1.98. The van der Waals surface area contributed by atoms with E-state index < -0.39 is 10.7 Å². The third-order valence-electron chi connectivity index (χ3n) is 5.18. The molecule has 0 aromatic carbocycles. The van der Waals surface area contributed by atoms with Crippen molar-refractivity contribution >= 4 is 32.4 Å². The van der Waals surface area contributed by atoms with Gasteiger partial charge in [-0.2, -0.15) is 4.79 Å². The molecule has 0 radical (unpaired) electrons. The molecule has 1 fully saturated rings. The average Bonchev–Trinajstić information content (AvgIpc) is 2.74. The highest BCUT2D eigenvalue weighted by Crippen LogP contribution is 2.50. The number of piperidine rings is 1. The minimum absolute atomic E-state index is 0.0365. The van der Waals surface area contributed by atoms with E-state index in [4.69, 9.17) is 0 Å². The Morgan fingerprint density at radius 2 is 2.00 bits per heavy atom. The van der Waals surface area contributed by atoms with Gasteiger partial charge in [-0.05, 0) is 67.5 Å². The topological polar surface area (TPSA) is 78.8 Å². The maximum absolute atomic E-state index is 12.9. The molecule has 3 rings (SSSR count). The van der Waals surface area contributed by atoms with Crippen LogP contribution in [0, 0.1) is 5.41 Å². The zero-order chi connectivity index (χ0) is 16.1. The van der Waals surface area contributed by atoms with Crippen molar-refractivity contribution in [3.63, 3.8) is 0 Å². The maximum atomic E-state index is 12.9. The Kier molecular flexibility index (Phi) is 3.78. The number of hydrogen-bond acceptors (Lipinski definition) is 4. The minimum Gasteiger partial charge on any atom is -0.433 e. The number of amides is 1. The zero-order valence-corrected chi connectivity index (χ0v) is 14.4. The number of carbonyl (C=O) groups is 2. The number of nitrogens with zero attached hydrogens (tertiary/aromatic N) is 2. The van der Waals surface area contributed by atoms with Gasteiger partial charge in [0.25, 0.3) is 0 Å². The second kappa shape index (κ2) is 5.25. The summed E-state index contributed by atoms with van der Waals surface area (Å²) in [5.41, 5.74) is 1.12. The van der Waals surface area contributed by atoms with Crippen molar-refractivity contribution in [2.75, 3.05) is 13.1 Å². The first kappa shape index (κ1) is 15.8. The van der Waals surface area contributed by atoms with Crippen LogP contribution in [-0.4, -0.2) is 45.3 Å². The molecule has 1 unspecified atom stereocenters. The van der Waals surface area contributed by atoms with Crippen molar-refractivity contribution in [3.05, 3.63) is 11.3 Å². The quantitative estimate of drug-likeness (QED) is 0.695. The number of halogens is 1. The molecule has 0 aromatic heterocycles. The molecule has 120 valence electrons. The largest absolute Gasteiger partial charge is 0.546 e. The first-order valence-corrected chi connectivity index (χ1v) is 8.48. The molecule has 1 spiro atoms. The van der Waals surface area contributed by atoms with Gasteiger partial charge in [0.2, 0.25) is 11.5 Å². The van der Waals surface area contributed by atoms with Gasteiger partial charge in [0.1, 0.15) is 6.04 Å². The summed E-state index contributed by atoms with van der Waals surface area (Å²) in [5.74, 6) is -0.0579. The summed E-state index contributed by atoms with van der Waals surface area (Å²) < 4.78 is -0.0899. The Hall–Kier alpha value is -1.05. The van der Waals surface area contributed by atoms with Gasteiger partial charge >= 0.3 is 6.09 Å². The van der Waals surface area contributed by atoms with E-state index in [1.54, 1.807) is 13.8 Å². The Morgan fingerprint density at radius 3 is 2.55 bits per heavy atom. The first-order chi connectivity index (χ1) is 10.3. The lowest BCUT2D eigenvalue weighted by Gasteiger charge is -2.40. The number of allylic oxidation sites excluding steroid dienone is 2. The van der Waals surface area contributed by atoms with E-state index >= 15 is 0 Å². The van der Waals surface area contributed by atoms with Gasteiger partial charge in [-0.1, -0.05) is 9.69 Å². The average molecular weight is 371 g/mol. The summed E-state index contributed by atoms with van der Waals surface area (Å²) in [4.78, 5) is 24.8. The van der Waals surface area contributed by atoms with Crippen LogP contribution in [0.1, 0.15) is 39.5 Å². The second-order valence-corrected chi connectivity index (χ2v) is 7.56. The molecule has 2 aliphatic heterocycles. The van der Waals surface area contributed by atoms with Gasteiger partial charge in [0.15, 0.2) is 4.62 Å². The van der Waals surface area contributed by atoms with Crippen molar-refractivity contribution in [1.82, 2.24) is 5.32 Å². The molecular weight excluding hydrogens is 350 g/mol. The molecule has 3 aliphatic rings. The van der Waals surface area contributed by atoms with Gasteiger partial charge < -0.3 is 10.4 Å². The van der Waals surface area contributed by atoms with Crippen molar-refractivity contribution in [2.45, 2.75) is 45.6 Å². The molecular formula is C15H21BrN3O3+. The molecule has 1 atom stereocenters. The summed E-state index contributed by atoms with van der Waals surface area (Å²) in [5, 5.41) is 17.4. The Morgan fingerprint density at radius 1 is 1.36 bits per heavy atom.